The van der Waals surface area contributed by atoms with E-state index >= 15 is 0 Å². The molecule has 2 aliphatic rings. The summed E-state index contributed by atoms with van der Waals surface area (Å²) in [6, 6.07) is 9.19. The van der Waals surface area contributed by atoms with Crippen LogP contribution in [0, 0.1) is 0 Å². The second-order valence-corrected chi connectivity index (χ2v) is 8.19. The molecule has 0 aliphatic carbocycles. The number of rotatable bonds is 8. The van der Waals surface area contributed by atoms with Crippen molar-refractivity contribution in [1.82, 2.24) is 20.4 Å². The van der Waals surface area contributed by atoms with Crippen LogP contribution in [0.5, 0.6) is 0 Å². The second kappa shape index (κ2) is 11.4. The minimum Gasteiger partial charge on any atom is -0.372 e. The molecule has 0 bridgehead atoms. The molecule has 29 heavy (non-hydrogen) atoms. The summed E-state index contributed by atoms with van der Waals surface area (Å²) in [5, 5.41) is 7.01. The van der Waals surface area contributed by atoms with Crippen LogP contribution in [0.1, 0.15) is 45.2 Å². The third-order valence-corrected chi connectivity index (χ3v) is 6.14. The number of nitrogens with one attached hydrogen (secondary N) is 2. The van der Waals surface area contributed by atoms with Gasteiger partial charge in [-0.25, -0.2) is 0 Å². The van der Waals surface area contributed by atoms with Crippen molar-refractivity contribution in [1.29, 1.82) is 0 Å². The van der Waals surface area contributed by atoms with E-state index in [1.807, 2.05) is 0 Å². The molecule has 0 amide bonds. The van der Waals surface area contributed by atoms with Crippen molar-refractivity contribution in [2.24, 2.45) is 4.99 Å². The molecule has 1 atom stereocenters. The predicted molar refractivity (Wildman–Crippen MR) is 124 cm³/mol. The van der Waals surface area contributed by atoms with Gasteiger partial charge in [-0.3, -0.25) is 9.89 Å². The number of hydrogen-bond donors (Lipinski definition) is 2. The number of nitrogens with zero attached hydrogens (tertiary/aromatic N) is 4. The summed E-state index contributed by atoms with van der Waals surface area (Å²) in [7, 11) is 0. The quantitative estimate of drug-likeness (QED) is 0.519. The van der Waals surface area contributed by atoms with Crippen molar-refractivity contribution in [3.05, 3.63) is 29.8 Å². The normalized spacial score (nSPS) is 20.1. The van der Waals surface area contributed by atoms with E-state index in [0.29, 0.717) is 0 Å². The first-order valence-electron chi connectivity index (χ1n) is 11.5. The Balaban J connectivity index is 1.52. The smallest absolute Gasteiger partial charge is 0.191 e. The van der Waals surface area contributed by atoms with Crippen LogP contribution in [0.15, 0.2) is 29.3 Å². The average molecular weight is 401 g/mol. The van der Waals surface area contributed by atoms with Gasteiger partial charge >= 0.3 is 0 Å². The van der Waals surface area contributed by atoms with E-state index < -0.39 is 0 Å². The molecule has 1 aromatic rings. The van der Waals surface area contributed by atoms with Crippen LogP contribution in [0.3, 0.4) is 0 Å². The lowest BCUT2D eigenvalue weighted by molar-refractivity contribution is 0.140. The number of guanidine groups is 1. The third kappa shape index (κ3) is 6.61. The topological polar surface area (TPSA) is 46.1 Å². The maximum Gasteiger partial charge on any atom is 0.191 e. The molecule has 2 aliphatic heterocycles. The summed E-state index contributed by atoms with van der Waals surface area (Å²) in [5.74, 6) is 0.916. The molecule has 1 unspecified atom stereocenters. The van der Waals surface area contributed by atoms with Gasteiger partial charge in [0.2, 0.25) is 0 Å². The Labute approximate surface area is 177 Å². The summed E-state index contributed by atoms with van der Waals surface area (Å²) in [6.45, 7) is 17.6. The van der Waals surface area contributed by atoms with E-state index in [4.69, 9.17) is 4.99 Å². The molecular weight excluding hydrogens is 360 g/mol. The molecule has 6 heteroatoms. The SMILES string of the molecule is CCNC(=NCCN1CCN(CC)CC1)NC(C)c1cccc(N2CCCC2)c1. The Morgan fingerprint density at radius 1 is 1.03 bits per heavy atom. The monoisotopic (exact) mass is 400 g/mol. The summed E-state index contributed by atoms with van der Waals surface area (Å²) < 4.78 is 0. The largest absolute Gasteiger partial charge is 0.372 e. The van der Waals surface area contributed by atoms with Gasteiger partial charge in [-0.1, -0.05) is 19.1 Å². The lowest BCUT2D eigenvalue weighted by Gasteiger charge is -2.33. The van der Waals surface area contributed by atoms with Gasteiger partial charge in [0.1, 0.15) is 0 Å². The lowest BCUT2D eigenvalue weighted by Crippen LogP contribution is -2.47. The minimum absolute atomic E-state index is 0.225. The molecule has 3 rings (SSSR count). The number of anilines is 1. The van der Waals surface area contributed by atoms with Gasteiger partial charge in [-0.05, 0) is 50.9 Å². The van der Waals surface area contributed by atoms with Crippen LogP contribution in [0.2, 0.25) is 0 Å². The molecule has 6 nitrogen and oxygen atoms in total. The zero-order valence-corrected chi connectivity index (χ0v) is 18.7. The highest BCUT2D eigenvalue weighted by Crippen LogP contribution is 2.23. The van der Waals surface area contributed by atoms with Crippen LogP contribution in [-0.2, 0) is 0 Å². The average Bonchev–Trinajstić information content (AvgIpc) is 3.29. The molecule has 1 aromatic carbocycles. The van der Waals surface area contributed by atoms with E-state index in [0.717, 1.165) is 45.2 Å². The number of aliphatic imine (C=N–C) groups is 1. The van der Waals surface area contributed by atoms with Crippen molar-refractivity contribution in [3.8, 4) is 0 Å². The molecule has 0 radical (unpaired) electrons. The first kappa shape index (κ1) is 21.9. The molecule has 0 aromatic heterocycles. The van der Waals surface area contributed by atoms with Crippen molar-refractivity contribution in [3.63, 3.8) is 0 Å². The van der Waals surface area contributed by atoms with E-state index in [9.17, 15) is 0 Å². The molecule has 162 valence electrons. The first-order valence-corrected chi connectivity index (χ1v) is 11.5. The van der Waals surface area contributed by atoms with Crippen LogP contribution in [-0.4, -0.2) is 81.2 Å². The van der Waals surface area contributed by atoms with Gasteiger partial charge in [0, 0.05) is 58.0 Å². The molecule has 2 heterocycles. The molecule has 2 fully saturated rings. The van der Waals surface area contributed by atoms with Gasteiger partial charge in [-0.2, -0.15) is 0 Å². The summed E-state index contributed by atoms with van der Waals surface area (Å²) >= 11 is 0. The lowest BCUT2D eigenvalue weighted by atomic mass is 10.1. The fourth-order valence-corrected chi connectivity index (χ4v) is 4.21. The minimum atomic E-state index is 0.225. The van der Waals surface area contributed by atoms with E-state index in [1.54, 1.807) is 0 Å². The Morgan fingerprint density at radius 3 is 2.45 bits per heavy atom. The number of benzene rings is 1. The number of likely N-dealkylation sites (N-methyl/N-ethyl adjacent to an activating group) is 1. The van der Waals surface area contributed by atoms with Crippen molar-refractivity contribution >= 4 is 11.6 Å². The van der Waals surface area contributed by atoms with Gasteiger partial charge in [0.15, 0.2) is 5.96 Å². The fourth-order valence-electron chi connectivity index (χ4n) is 4.21. The first-order chi connectivity index (χ1) is 14.2. The fraction of sp³-hybridized carbons (Fsp3) is 0.696. The summed E-state index contributed by atoms with van der Waals surface area (Å²) in [4.78, 5) is 12.4. The third-order valence-electron chi connectivity index (χ3n) is 6.14. The number of piperazine rings is 1. The molecule has 0 spiro atoms. The summed E-state index contributed by atoms with van der Waals surface area (Å²) in [6.07, 6.45) is 2.62. The Morgan fingerprint density at radius 2 is 1.76 bits per heavy atom. The van der Waals surface area contributed by atoms with Crippen LogP contribution >= 0.6 is 0 Å². The van der Waals surface area contributed by atoms with E-state index in [2.05, 4.69) is 70.4 Å². The zero-order valence-electron chi connectivity index (χ0n) is 18.7. The Bertz CT molecular complexity index is 632. The van der Waals surface area contributed by atoms with Crippen molar-refractivity contribution < 1.29 is 0 Å². The second-order valence-electron chi connectivity index (χ2n) is 8.19. The molecule has 0 saturated carbocycles. The van der Waals surface area contributed by atoms with Crippen molar-refractivity contribution in [2.75, 3.05) is 70.3 Å². The van der Waals surface area contributed by atoms with Gasteiger partial charge in [-0.15, -0.1) is 0 Å². The highest BCUT2D eigenvalue weighted by molar-refractivity contribution is 5.80. The Kier molecular flexibility index (Phi) is 8.62. The standard InChI is InChI=1S/C23H40N6/c1-4-24-23(25-11-14-28-17-15-27(5-2)16-18-28)26-20(3)21-9-8-10-22(19-21)29-12-6-7-13-29/h8-10,19-20H,4-7,11-18H2,1-3H3,(H2,24,25,26). The highest BCUT2D eigenvalue weighted by atomic mass is 15.3. The van der Waals surface area contributed by atoms with Gasteiger partial charge in [0.25, 0.3) is 0 Å². The maximum atomic E-state index is 4.84. The summed E-state index contributed by atoms with van der Waals surface area (Å²) in [5.41, 5.74) is 2.66. The van der Waals surface area contributed by atoms with Gasteiger partial charge < -0.3 is 20.4 Å². The zero-order chi connectivity index (χ0) is 20.5. The van der Waals surface area contributed by atoms with Gasteiger partial charge in [0.05, 0.1) is 12.6 Å². The molecule has 2 saturated heterocycles. The van der Waals surface area contributed by atoms with Crippen LogP contribution < -0.4 is 15.5 Å². The predicted octanol–water partition coefficient (Wildman–Crippen LogP) is 2.54. The maximum absolute atomic E-state index is 4.84. The number of hydrogen-bond acceptors (Lipinski definition) is 4. The molecule has 2 N–H and O–H groups in total. The van der Waals surface area contributed by atoms with Crippen LogP contribution in [0.25, 0.3) is 0 Å². The molecular formula is C23H40N6. The van der Waals surface area contributed by atoms with Crippen LogP contribution in [0.4, 0.5) is 5.69 Å². The van der Waals surface area contributed by atoms with E-state index in [1.165, 1.54) is 50.3 Å². The van der Waals surface area contributed by atoms with Crippen molar-refractivity contribution in [2.45, 2.75) is 39.7 Å². The Hall–Kier alpha value is -1.79. The van der Waals surface area contributed by atoms with E-state index in [-0.39, 0.29) is 6.04 Å². The highest BCUT2D eigenvalue weighted by Gasteiger charge is 2.16.